The number of hydrogen-bond donors (Lipinski definition) is 0. The molecule has 19 heavy (non-hydrogen) atoms. The van der Waals surface area contributed by atoms with Gasteiger partial charge >= 0.3 is 6.09 Å². The van der Waals surface area contributed by atoms with E-state index in [4.69, 9.17) is 4.74 Å². The summed E-state index contributed by atoms with van der Waals surface area (Å²) < 4.78 is 5.40. The van der Waals surface area contributed by atoms with Crippen LogP contribution in [0.15, 0.2) is 12.1 Å². The first-order valence-electron chi connectivity index (χ1n) is 6.40. The van der Waals surface area contributed by atoms with E-state index in [9.17, 15) is 4.79 Å². The minimum Gasteiger partial charge on any atom is -0.444 e. The Balaban J connectivity index is 2.08. The number of carbonyl (C=O) groups is 1. The molecule has 1 aromatic heterocycles. The molecule has 0 N–H and O–H groups in total. The smallest absolute Gasteiger partial charge is 0.410 e. The van der Waals surface area contributed by atoms with Crippen LogP contribution in [0.5, 0.6) is 0 Å². The van der Waals surface area contributed by atoms with Gasteiger partial charge in [-0.3, -0.25) is 4.98 Å². The molecule has 0 atom stereocenters. The molecule has 0 saturated heterocycles. The molecule has 0 aromatic carbocycles. The summed E-state index contributed by atoms with van der Waals surface area (Å²) in [6.07, 6.45) is 0.540. The summed E-state index contributed by atoms with van der Waals surface area (Å²) in [6.45, 7) is 6.90. The predicted molar refractivity (Wildman–Crippen MR) is 77.2 cm³/mol. The average molecular weight is 327 g/mol. The lowest BCUT2D eigenvalue weighted by Gasteiger charge is -2.30. The maximum atomic E-state index is 12.0. The highest BCUT2D eigenvalue weighted by Crippen LogP contribution is 2.20. The van der Waals surface area contributed by atoms with Gasteiger partial charge in [0.05, 0.1) is 12.2 Å². The van der Waals surface area contributed by atoms with Crippen molar-refractivity contribution in [1.82, 2.24) is 9.88 Å². The van der Waals surface area contributed by atoms with Crippen molar-refractivity contribution in [3.05, 3.63) is 29.1 Å². The van der Waals surface area contributed by atoms with Crippen LogP contribution in [0.2, 0.25) is 0 Å². The molecule has 0 radical (unpaired) electrons. The average Bonchev–Trinajstić information content (AvgIpc) is 2.35. The molecule has 2 rings (SSSR count). The van der Waals surface area contributed by atoms with Crippen molar-refractivity contribution < 1.29 is 9.53 Å². The van der Waals surface area contributed by atoms with E-state index < -0.39 is 5.60 Å². The number of pyridine rings is 1. The molecule has 1 amide bonds. The lowest BCUT2D eigenvalue weighted by atomic mass is 10.1. The minimum absolute atomic E-state index is 0.247. The van der Waals surface area contributed by atoms with E-state index in [-0.39, 0.29) is 6.09 Å². The van der Waals surface area contributed by atoms with Crippen LogP contribution in [0, 0.1) is 0 Å². The Morgan fingerprint density at radius 3 is 2.84 bits per heavy atom. The fraction of sp³-hybridized carbons (Fsp3) is 0.571. The molecule has 2 heterocycles. The molecule has 0 bridgehead atoms. The third kappa shape index (κ3) is 3.69. The van der Waals surface area contributed by atoms with Crippen molar-refractivity contribution in [3.63, 3.8) is 0 Å². The van der Waals surface area contributed by atoms with Crippen LogP contribution < -0.4 is 0 Å². The van der Waals surface area contributed by atoms with Gasteiger partial charge in [0.15, 0.2) is 0 Å². The van der Waals surface area contributed by atoms with E-state index in [1.807, 2.05) is 26.8 Å². The quantitative estimate of drug-likeness (QED) is 0.744. The van der Waals surface area contributed by atoms with Crippen LogP contribution >= 0.6 is 15.9 Å². The Hall–Kier alpha value is -1.10. The number of alkyl halides is 1. The van der Waals surface area contributed by atoms with Crippen LogP contribution in [0.4, 0.5) is 4.79 Å². The first-order valence-corrected chi connectivity index (χ1v) is 7.53. The van der Waals surface area contributed by atoms with Crippen molar-refractivity contribution in [2.24, 2.45) is 0 Å². The highest BCUT2D eigenvalue weighted by Gasteiger charge is 2.26. The van der Waals surface area contributed by atoms with Crippen LogP contribution in [0.25, 0.3) is 0 Å². The Bertz CT molecular complexity index is 483. The molecule has 1 aliphatic heterocycles. The molecule has 0 spiro atoms. The number of fused-ring (bicyclic) bond motifs is 1. The molecular formula is C14H19BrN2O2. The molecule has 0 aliphatic carbocycles. The van der Waals surface area contributed by atoms with Gasteiger partial charge in [-0.05, 0) is 32.4 Å². The summed E-state index contributed by atoms with van der Waals surface area (Å²) >= 11 is 3.41. The number of halogens is 1. The Morgan fingerprint density at radius 2 is 2.21 bits per heavy atom. The van der Waals surface area contributed by atoms with Crippen molar-refractivity contribution in [2.45, 2.75) is 44.7 Å². The van der Waals surface area contributed by atoms with E-state index in [1.165, 1.54) is 0 Å². The van der Waals surface area contributed by atoms with Crippen molar-refractivity contribution in [3.8, 4) is 0 Å². The maximum Gasteiger partial charge on any atom is 0.410 e. The monoisotopic (exact) mass is 326 g/mol. The highest BCUT2D eigenvalue weighted by atomic mass is 79.9. The Labute approximate surface area is 122 Å². The summed E-state index contributed by atoms with van der Waals surface area (Å²) in [6, 6.07) is 4.04. The lowest BCUT2D eigenvalue weighted by molar-refractivity contribution is 0.0223. The summed E-state index contributed by atoms with van der Waals surface area (Å²) in [4.78, 5) is 18.3. The molecule has 1 aromatic rings. The standard InChI is InChI=1S/C14H19BrN2O2/c1-14(2,3)19-13(18)17-7-6-12-10(9-17)4-5-11(8-15)16-12/h4-5H,6-9H2,1-3H3. The summed E-state index contributed by atoms with van der Waals surface area (Å²) in [5.74, 6) is 0. The summed E-state index contributed by atoms with van der Waals surface area (Å²) in [5.41, 5.74) is 2.79. The van der Waals surface area contributed by atoms with E-state index in [0.717, 1.165) is 28.7 Å². The van der Waals surface area contributed by atoms with Gasteiger partial charge in [-0.25, -0.2) is 4.79 Å². The Kier molecular flexibility index (Phi) is 4.13. The largest absolute Gasteiger partial charge is 0.444 e. The Morgan fingerprint density at radius 1 is 1.47 bits per heavy atom. The fourth-order valence-electron chi connectivity index (χ4n) is 2.02. The van der Waals surface area contributed by atoms with Crippen molar-refractivity contribution >= 4 is 22.0 Å². The van der Waals surface area contributed by atoms with E-state index in [0.29, 0.717) is 13.1 Å². The number of hydrogen-bond acceptors (Lipinski definition) is 3. The molecule has 104 valence electrons. The van der Waals surface area contributed by atoms with Crippen LogP contribution in [0.1, 0.15) is 37.7 Å². The van der Waals surface area contributed by atoms with Gasteiger partial charge in [-0.1, -0.05) is 22.0 Å². The van der Waals surface area contributed by atoms with Crippen LogP contribution in [-0.4, -0.2) is 28.1 Å². The predicted octanol–water partition coefficient (Wildman–Crippen LogP) is 3.27. The second-order valence-electron chi connectivity index (χ2n) is 5.69. The first-order chi connectivity index (χ1) is 8.89. The van der Waals surface area contributed by atoms with E-state index >= 15 is 0 Å². The van der Waals surface area contributed by atoms with Gasteiger partial charge in [0.25, 0.3) is 0 Å². The zero-order valence-electron chi connectivity index (χ0n) is 11.6. The minimum atomic E-state index is -0.449. The third-order valence-corrected chi connectivity index (χ3v) is 3.47. The lowest BCUT2D eigenvalue weighted by Crippen LogP contribution is -2.40. The number of rotatable bonds is 1. The maximum absolute atomic E-state index is 12.0. The zero-order valence-corrected chi connectivity index (χ0v) is 13.2. The number of aromatic nitrogens is 1. The second-order valence-corrected chi connectivity index (χ2v) is 6.25. The van der Waals surface area contributed by atoms with Crippen molar-refractivity contribution in [1.29, 1.82) is 0 Å². The summed E-state index contributed by atoms with van der Waals surface area (Å²) in [5, 5.41) is 0.760. The third-order valence-electron chi connectivity index (χ3n) is 2.89. The first kappa shape index (κ1) is 14.3. The summed E-state index contributed by atoms with van der Waals surface area (Å²) in [7, 11) is 0. The topological polar surface area (TPSA) is 42.4 Å². The second kappa shape index (κ2) is 5.49. The number of nitrogens with zero attached hydrogens (tertiary/aromatic N) is 2. The SMILES string of the molecule is CC(C)(C)OC(=O)N1CCc2nc(CBr)ccc2C1. The number of ether oxygens (including phenoxy) is 1. The van der Waals surface area contributed by atoms with Gasteiger partial charge in [0, 0.05) is 24.0 Å². The van der Waals surface area contributed by atoms with E-state index in [1.54, 1.807) is 4.90 Å². The molecule has 5 heteroatoms. The van der Waals surface area contributed by atoms with Gasteiger partial charge in [0.2, 0.25) is 0 Å². The van der Waals surface area contributed by atoms with Gasteiger partial charge in [-0.2, -0.15) is 0 Å². The molecule has 0 unspecified atom stereocenters. The molecular weight excluding hydrogens is 308 g/mol. The van der Waals surface area contributed by atoms with Gasteiger partial charge in [0.1, 0.15) is 5.60 Å². The molecule has 0 fully saturated rings. The zero-order chi connectivity index (χ0) is 14.0. The number of carbonyl (C=O) groups excluding carboxylic acids is 1. The van der Waals surface area contributed by atoms with Gasteiger partial charge < -0.3 is 9.64 Å². The normalized spacial score (nSPS) is 15.1. The number of amides is 1. The molecule has 1 aliphatic rings. The highest BCUT2D eigenvalue weighted by molar-refractivity contribution is 9.08. The molecule has 0 saturated carbocycles. The van der Waals surface area contributed by atoms with Crippen LogP contribution in [0.3, 0.4) is 0 Å². The van der Waals surface area contributed by atoms with E-state index in [2.05, 4.69) is 27.0 Å². The van der Waals surface area contributed by atoms with Gasteiger partial charge in [-0.15, -0.1) is 0 Å². The fourth-order valence-corrected chi connectivity index (χ4v) is 2.33. The van der Waals surface area contributed by atoms with Crippen LogP contribution in [-0.2, 0) is 23.0 Å². The van der Waals surface area contributed by atoms with Crippen molar-refractivity contribution in [2.75, 3.05) is 6.54 Å². The molecule has 4 nitrogen and oxygen atoms in total.